The number of likely N-dealkylation sites (tertiary alicyclic amines) is 1. The van der Waals surface area contributed by atoms with Crippen LogP contribution in [0.3, 0.4) is 0 Å². The zero-order valence-corrected chi connectivity index (χ0v) is 27.1. The molecule has 0 spiro atoms. The number of esters is 1. The van der Waals surface area contributed by atoms with Gasteiger partial charge in [-0.1, -0.05) is 6.07 Å². The van der Waals surface area contributed by atoms with Crippen LogP contribution in [0.4, 0.5) is 10.5 Å². The molecule has 0 aliphatic carbocycles. The lowest BCUT2D eigenvalue weighted by Crippen LogP contribution is -2.51. The first-order valence-electron chi connectivity index (χ1n) is 15.5. The molecule has 3 N–H and O–H groups in total. The topological polar surface area (TPSA) is 159 Å². The van der Waals surface area contributed by atoms with Gasteiger partial charge in [-0.25, -0.2) is 9.78 Å². The van der Waals surface area contributed by atoms with E-state index in [1.54, 1.807) is 33.0 Å². The van der Waals surface area contributed by atoms with E-state index in [0.29, 0.717) is 30.7 Å². The molecular weight excluding hydrogens is 590 g/mol. The van der Waals surface area contributed by atoms with Crippen LogP contribution >= 0.6 is 0 Å². The highest BCUT2D eigenvalue weighted by atomic mass is 16.5. The first-order valence-corrected chi connectivity index (χ1v) is 15.5. The minimum atomic E-state index is -1.06. The van der Waals surface area contributed by atoms with Gasteiger partial charge in [0.1, 0.15) is 18.1 Å². The van der Waals surface area contributed by atoms with Gasteiger partial charge in [-0.15, -0.1) is 0 Å². The molecule has 4 rings (SSSR count). The third kappa shape index (κ3) is 7.82. The van der Waals surface area contributed by atoms with Crippen molar-refractivity contribution in [3.63, 3.8) is 0 Å². The van der Waals surface area contributed by atoms with Crippen molar-refractivity contribution in [1.82, 2.24) is 24.7 Å². The van der Waals surface area contributed by atoms with Gasteiger partial charge < -0.3 is 29.2 Å². The van der Waals surface area contributed by atoms with Crippen LogP contribution in [0.25, 0.3) is 11.0 Å². The lowest BCUT2D eigenvalue weighted by Gasteiger charge is -2.36. The van der Waals surface area contributed by atoms with Crippen LogP contribution in [0, 0.1) is 5.41 Å². The smallest absolute Gasteiger partial charge is 0.412 e. The molecule has 1 saturated heterocycles. The Morgan fingerprint density at radius 3 is 2.35 bits per heavy atom. The van der Waals surface area contributed by atoms with Crippen molar-refractivity contribution in [2.24, 2.45) is 7.05 Å². The molecule has 13 nitrogen and oxygen atoms in total. The van der Waals surface area contributed by atoms with Gasteiger partial charge in [0.2, 0.25) is 11.8 Å². The van der Waals surface area contributed by atoms with Gasteiger partial charge in [0, 0.05) is 45.0 Å². The van der Waals surface area contributed by atoms with Crippen LogP contribution in [0.5, 0.6) is 0 Å². The zero-order valence-electron chi connectivity index (χ0n) is 27.1. The van der Waals surface area contributed by atoms with Gasteiger partial charge in [-0.2, -0.15) is 0 Å². The van der Waals surface area contributed by atoms with E-state index in [4.69, 9.17) is 19.9 Å². The van der Waals surface area contributed by atoms with Gasteiger partial charge in [0.05, 0.1) is 36.2 Å². The number of nitrogens with zero attached hydrogens (tertiary/aromatic N) is 4. The summed E-state index contributed by atoms with van der Waals surface area (Å²) < 4.78 is 11.8. The van der Waals surface area contributed by atoms with E-state index in [1.807, 2.05) is 53.8 Å². The third-order valence-electron chi connectivity index (χ3n) is 8.18. The van der Waals surface area contributed by atoms with Crippen LogP contribution < -0.4 is 10.6 Å². The van der Waals surface area contributed by atoms with Gasteiger partial charge in [0.25, 0.3) is 0 Å². The van der Waals surface area contributed by atoms with Gasteiger partial charge in [-0.3, -0.25) is 25.1 Å². The molecule has 46 heavy (non-hydrogen) atoms. The molecule has 13 heteroatoms. The normalized spacial score (nSPS) is 14.0. The quantitative estimate of drug-likeness (QED) is 0.118. The molecule has 1 atom stereocenters. The van der Waals surface area contributed by atoms with Crippen molar-refractivity contribution in [2.45, 2.75) is 52.0 Å². The maximum Gasteiger partial charge on any atom is 0.412 e. The van der Waals surface area contributed by atoms with Crippen LogP contribution in [0.1, 0.15) is 57.0 Å². The summed E-state index contributed by atoms with van der Waals surface area (Å²) >= 11 is 0. The second kappa shape index (κ2) is 14.9. The number of rotatable bonds is 12. The number of hydrogen-bond acceptors (Lipinski definition) is 9. The molecule has 2 aromatic carbocycles. The Kier molecular flexibility index (Phi) is 11.0. The van der Waals surface area contributed by atoms with E-state index in [9.17, 15) is 19.2 Å². The number of aryl methyl sites for hydroxylation is 1. The number of benzene rings is 2. The van der Waals surface area contributed by atoms with Crippen molar-refractivity contribution in [3.8, 4) is 0 Å². The molecule has 1 aliphatic heterocycles. The van der Waals surface area contributed by atoms with Crippen LogP contribution in [0.15, 0.2) is 42.5 Å². The SMILES string of the molecule is CCOC(=O)CC(=O)N(C)CC(C)(C(=O)N1CCCC1)c1ccc2c(c1)nc(CNc1ccc(C(=N)NC(=O)OCC)cc1)n2C. The molecular formula is C33H43N7O6. The van der Waals surface area contributed by atoms with E-state index < -0.39 is 23.4 Å². The fourth-order valence-electron chi connectivity index (χ4n) is 5.61. The number of imidazole rings is 1. The third-order valence-corrected chi connectivity index (χ3v) is 8.18. The highest BCUT2D eigenvalue weighted by molar-refractivity contribution is 6.04. The van der Waals surface area contributed by atoms with Gasteiger partial charge in [-0.05, 0) is 75.6 Å². The standard InChI is InChI=1S/C33H43N7O6/c1-6-45-29(42)19-28(41)38(4)21-33(3,31(43)40-16-8-9-17-40)23-12-15-26-25(18-23)36-27(39(26)5)20-35-24-13-10-22(11-14-24)30(34)37-32(44)46-7-2/h10-15,18,35H,6-9,16-17,19-21H2,1-5H3,(H2,34,37,44). The first kappa shape index (κ1) is 33.9. The number of nitrogens with one attached hydrogen (secondary N) is 3. The number of likely N-dealkylation sites (N-methyl/N-ethyl adjacent to an activating group) is 1. The summed E-state index contributed by atoms with van der Waals surface area (Å²) in [5, 5.41) is 13.8. The Morgan fingerprint density at radius 1 is 1.02 bits per heavy atom. The number of aromatic nitrogens is 2. The van der Waals surface area contributed by atoms with Crippen LogP contribution in [-0.2, 0) is 42.9 Å². The van der Waals surface area contributed by atoms with E-state index in [-0.39, 0.29) is 37.9 Å². The monoisotopic (exact) mass is 633 g/mol. The zero-order chi connectivity index (χ0) is 33.4. The maximum atomic E-state index is 14.0. The van der Waals surface area contributed by atoms with Crippen molar-refractivity contribution in [1.29, 1.82) is 5.41 Å². The summed E-state index contributed by atoms with van der Waals surface area (Å²) in [6.07, 6.45) is 0.814. The summed E-state index contributed by atoms with van der Waals surface area (Å²) in [5.41, 5.74) is 2.61. The Bertz CT molecular complexity index is 1600. The number of ether oxygens (including phenoxy) is 2. The molecule has 1 aliphatic rings. The summed E-state index contributed by atoms with van der Waals surface area (Å²) in [4.78, 5) is 58.6. The minimum Gasteiger partial charge on any atom is -0.466 e. The number of anilines is 1. The van der Waals surface area contributed by atoms with Crippen LogP contribution in [0.2, 0.25) is 0 Å². The predicted octanol–water partition coefficient (Wildman–Crippen LogP) is 3.55. The highest BCUT2D eigenvalue weighted by Crippen LogP contribution is 2.32. The Morgan fingerprint density at radius 2 is 1.70 bits per heavy atom. The second-order valence-electron chi connectivity index (χ2n) is 11.5. The Hall–Kier alpha value is -4.94. The van der Waals surface area contributed by atoms with E-state index >= 15 is 0 Å². The second-order valence-corrected chi connectivity index (χ2v) is 11.5. The van der Waals surface area contributed by atoms with E-state index in [2.05, 4.69) is 10.6 Å². The summed E-state index contributed by atoms with van der Waals surface area (Å²) in [5.74, 6) is -0.356. The van der Waals surface area contributed by atoms with Crippen molar-refractivity contribution < 1.29 is 28.7 Å². The number of carbonyl (C=O) groups is 4. The molecule has 1 unspecified atom stereocenters. The number of carbonyl (C=O) groups excluding carboxylic acids is 4. The van der Waals surface area contributed by atoms with Crippen molar-refractivity contribution >= 4 is 46.4 Å². The molecule has 246 valence electrons. The number of fused-ring (bicyclic) bond motifs is 1. The Labute approximate surface area is 268 Å². The fraction of sp³-hybridized carbons (Fsp3) is 0.455. The molecule has 2 heterocycles. The molecule has 0 bridgehead atoms. The average Bonchev–Trinajstić information content (AvgIpc) is 3.68. The molecule has 3 amide bonds. The number of amidine groups is 1. The van der Waals surface area contributed by atoms with Gasteiger partial charge in [0.15, 0.2) is 0 Å². The molecule has 1 fully saturated rings. The summed E-state index contributed by atoms with van der Waals surface area (Å²) in [6, 6.07) is 12.8. The van der Waals surface area contributed by atoms with Crippen molar-refractivity contribution in [3.05, 3.63) is 59.4 Å². The number of alkyl carbamates (subject to hydrolysis) is 1. The molecule has 0 saturated carbocycles. The minimum absolute atomic E-state index is 0.0547. The number of hydrogen-bond donors (Lipinski definition) is 3. The van der Waals surface area contributed by atoms with E-state index in [0.717, 1.165) is 35.4 Å². The number of amides is 3. The van der Waals surface area contributed by atoms with E-state index in [1.165, 1.54) is 4.90 Å². The van der Waals surface area contributed by atoms with Crippen LogP contribution in [-0.4, -0.2) is 89.0 Å². The first-order chi connectivity index (χ1) is 22.0. The largest absolute Gasteiger partial charge is 0.466 e. The lowest BCUT2D eigenvalue weighted by atomic mass is 9.80. The Balaban J connectivity index is 1.53. The molecule has 1 aromatic heterocycles. The fourth-order valence-corrected chi connectivity index (χ4v) is 5.61. The molecule has 0 radical (unpaired) electrons. The molecule has 3 aromatic rings. The van der Waals surface area contributed by atoms with Gasteiger partial charge >= 0.3 is 12.1 Å². The lowest BCUT2D eigenvalue weighted by molar-refractivity contribution is -0.148. The summed E-state index contributed by atoms with van der Waals surface area (Å²) in [7, 11) is 3.53. The average molecular weight is 634 g/mol. The summed E-state index contributed by atoms with van der Waals surface area (Å²) in [6.45, 7) is 7.48. The van der Waals surface area contributed by atoms with Crippen molar-refractivity contribution in [2.75, 3.05) is 45.2 Å². The highest BCUT2D eigenvalue weighted by Gasteiger charge is 2.41. The predicted molar refractivity (Wildman–Crippen MR) is 174 cm³/mol. The maximum absolute atomic E-state index is 14.0.